The van der Waals surface area contributed by atoms with Crippen LogP contribution in [0, 0.1) is 5.82 Å². The van der Waals surface area contributed by atoms with Crippen LogP contribution in [0.25, 0.3) is 22.3 Å². The Kier molecular flexibility index (Phi) is 10.7. The first-order valence-corrected chi connectivity index (χ1v) is 19.9. The predicted octanol–water partition coefficient (Wildman–Crippen LogP) is 5.92. The number of benzene rings is 3. The minimum Gasteiger partial charge on any atom is -0.457 e. The van der Waals surface area contributed by atoms with Crippen molar-refractivity contribution in [1.82, 2.24) is 34.9 Å². The van der Waals surface area contributed by atoms with Crippen molar-refractivity contribution in [2.45, 2.75) is 68.3 Å². The summed E-state index contributed by atoms with van der Waals surface area (Å²) in [6, 6.07) is 18.1. The van der Waals surface area contributed by atoms with E-state index in [1.807, 2.05) is 64.2 Å². The number of anilines is 1. The molecule has 0 spiro atoms. The fourth-order valence-electron chi connectivity index (χ4n) is 7.67. The molecule has 0 bridgehead atoms. The third-order valence-electron chi connectivity index (χ3n) is 10.5. The summed E-state index contributed by atoms with van der Waals surface area (Å²) in [6.45, 7) is 1.12. The fourth-order valence-corrected chi connectivity index (χ4v) is 8.78. The van der Waals surface area contributed by atoms with Gasteiger partial charge < -0.3 is 15.4 Å². The maximum Gasteiger partial charge on any atom is 0.263 e. The molecule has 57 heavy (non-hydrogen) atoms. The van der Waals surface area contributed by atoms with Crippen molar-refractivity contribution in [1.29, 1.82) is 0 Å². The number of nitrogens with one attached hydrogen (secondary N) is 1. The molecule has 292 valence electrons. The number of piperidine rings is 2. The highest BCUT2D eigenvalue weighted by molar-refractivity contribution is 7.99. The Morgan fingerprint density at radius 3 is 2.53 bits per heavy atom. The summed E-state index contributed by atoms with van der Waals surface area (Å²) in [5.41, 5.74) is 8.47. The molecule has 2 atom stereocenters. The third-order valence-corrected chi connectivity index (χ3v) is 11.6. The molecule has 5 amide bonds. The van der Waals surface area contributed by atoms with E-state index < -0.39 is 35.5 Å². The molecule has 2 aromatic heterocycles. The van der Waals surface area contributed by atoms with Crippen molar-refractivity contribution in [3.8, 4) is 22.8 Å². The molecule has 5 heterocycles. The van der Waals surface area contributed by atoms with Crippen LogP contribution in [0.4, 0.5) is 10.2 Å². The molecular weight excluding hydrogens is 752 g/mol. The average molecular weight is 791 g/mol. The molecule has 3 aliphatic heterocycles. The Balaban J connectivity index is 0.863. The number of aromatic nitrogens is 4. The summed E-state index contributed by atoms with van der Waals surface area (Å²) in [5, 5.41) is 7.82. The molecule has 3 aromatic carbocycles. The van der Waals surface area contributed by atoms with E-state index in [2.05, 4.69) is 15.3 Å². The third kappa shape index (κ3) is 7.68. The predicted molar refractivity (Wildman–Crippen MR) is 209 cm³/mol. The van der Waals surface area contributed by atoms with Gasteiger partial charge in [-0.2, -0.15) is 5.10 Å². The van der Waals surface area contributed by atoms with E-state index in [4.69, 9.17) is 15.6 Å². The van der Waals surface area contributed by atoms with Gasteiger partial charge in [0, 0.05) is 36.4 Å². The summed E-state index contributed by atoms with van der Waals surface area (Å²) < 4.78 is 22.5. The van der Waals surface area contributed by atoms with Gasteiger partial charge in [0.15, 0.2) is 5.65 Å². The number of carbonyl (C=O) groups is 5. The first-order valence-electron chi connectivity index (χ1n) is 18.9. The number of ether oxygens (including phenoxy) is 1. The number of amides is 5. The lowest BCUT2D eigenvalue weighted by Crippen LogP contribution is -2.54. The second-order valence-electron chi connectivity index (χ2n) is 14.3. The number of hydrogen-bond donors (Lipinski definition) is 2. The zero-order chi connectivity index (χ0) is 39.6. The van der Waals surface area contributed by atoms with Gasteiger partial charge in [-0.3, -0.25) is 34.2 Å². The number of likely N-dealkylation sites (tertiary alicyclic amines) is 1. The summed E-state index contributed by atoms with van der Waals surface area (Å²) in [7, 11) is 0. The number of nitrogens with zero attached hydrogens (tertiary/aromatic N) is 6. The normalized spacial score (nSPS) is 18.3. The van der Waals surface area contributed by atoms with Crippen molar-refractivity contribution in [2.24, 2.45) is 0 Å². The van der Waals surface area contributed by atoms with Gasteiger partial charge >= 0.3 is 0 Å². The van der Waals surface area contributed by atoms with Crippen molar-refractivity contribution in [3.63, 3.8) is 0 Å². The molecule has 0 radical (unpaired) electrons. The Bertz CT molecular complexity index is 2390. The van der Waals surface area contributed by atoms with Gasteiger partial charge in [-0.1, -0.05) is 24.6 Å². The lowest BCUT2D eigenvalue weighted by molar-refractivity contribution is -0.136. The first kappa shape index (κ1) is 37.7. The summed E-state index contributed by atoms with van der Waals surface area (Å²) in [6.07, 6.45) is 5.47. The molecule has 2 fully saturated rings. The second-order valence-corrected chi connectivity index (χ2v) is 15.4. The number of unbranched alkanes of at least 4 members (excludes halogenated alkanes) is 2. The maximum atomic E-state index is 14.6. The van der Waals surface area contributed by atoms with E-state index in [0.717, 1.165) is 41.5 Å². The van der Waals surface area contributed by atoms with E-state index in [0.29, 0.717) is 71.3 Å². The number of carbonyl (C=O) groups excluding carboxylic acids is 5. The Morgan fingerprint density at radius 2 is 1.74 bits per heavy atom. The SMILES string of the molecule is Nc1ncnc2c1c(-c1ccc(Oc3ccccc3)cc1)nn2[C@@H]1CCCN(C(=O)CCCCCSc2cc(F)cc3c2C(=O)N(C2CCC(=O)NC2=O)C3=O)C1. The highest BCUT2D eigenvalue weighted by Gasteiger charge is 2.46. The summed E-state index contributed by atoms with van der Waals surface area (Å²) in [5.74, 6) is -0.953. The Morgan fingerprint density at radius 1 is 0.947 bits per heavy atom. The average Bonchev–Trinajstić information content (AvgIpc) is 3.72. The molecule has 5 aromatic rings. The van der Waals surface area contributed by atoms with Crippen molar-refractivity contribution < 1.29 is 33.1 Å². The highest BCUT2D eigenvalue weighted by Crippen LogP contribution is 2.37. The molecule has 0 aliphatic carbocycles. The van der Waals surface area contributed by atoms with Crippen molar-refractivity contribution >= 4 is 58.1 Å². The quantitative estimate of drug-likeness (QED) is 0.0869. The number of fused-ring (bicyclic) bond motifs is 2. The standard InChI is InChI=1S/C41H39FN8O6S/c42-25-20-29-34(41(55)49(40(29)54)30-16-17-32(51)46-39(30)53)31(21-25)57-19-6-2-5-11-33(52)48-18-7-8-26(22-48)50-38-35(37(43)44-23-45-38)36(47-50)24-12-14-28(15-13-24)56-27-9-3-1-4-10-27/h1,3-4,9-10,12-15,20-21,23,26,30H,2,5-8,11,16-19,22H2,(H2,43,44,45)(H,46,51,53)/t26-,30?/m1/s1. The summed E-state index contributed by atoms with van der Waals surface area (Å²) >= 11 is 1.26. The monoisotopic (exact) mass is 790 g/mol. The van der Waals surface area contributed by atoms with Gasteiger partial charge in [0.05, 0.1) is 22.6 Å². The van der Waals surface area contributed by atoms with Crippen LogP contribution in [0.5, 0.6) is 11.5 Å². The summed E-state index contributed by atoms with van der Waals surface area (Å²) in [4.78, 5) is 75.9. The topological polar surface area (TPSA) is 183 Å². The number of nitrogens with two attached hydrogens (primary N) is 1. The molecule has 16 heteroatoms. The van der Waals surface area contributed by atoms with Crippen LogP contribution in [-0.2, 0) is 14.4 Å². The highest BCUT2D eigenvalue weighted by atomic mass is 32.2. The van der Waals surface area contributed by atoms with E-state index in [1.54, 1.807) is 0 Å². The van der Waals surface area contributed by atoms with E-state index >= 15 is 0 Å². The van der Waals surface area contributed by atoms with Crippen molar-refractivity contribution in [2.75, 3.05) is 24.6 Å². The van der Waals surface area contributed by atoms with Gasteiger partial charge in [0.1, 0.15) is 41.2 Å². The lowest BCUT2D eigenvalue weighted by Gasteiger charge is -2.33. The molecule has 14 nitrogen and oxygen atoms in total. The molecule has 8 rings (SSSR count). The van der Waals surface area contributed by atoms with Crippen LogP contribution < -0.4 is 15.8 Å². The molecular formula is C41H39FN8O6S. The van der Waals surface area contributed by atoms with Crippen LogP contribution in [0.3, 0.4) is 0 Å². The molecule has 0 saturated carbocycles. The number of imide groups is 2. The van der Waals surface area contributed by atoms with E-state index in [-0.39, 0.29) is 35.9 Å². The molecule has 1 unspecified atom stereocenters. The zero-order valence-electron chi connectivity index (χ0n) is 30.9. The van der Waals surface area contributed by atoms with Gasteiger partial charge in [-0.15, -0.1) is 11.8 Å². The number of thioether (sulfide) groups is 1. The second kappa shape index (κ2) is 16.1. The number of nitrogen functional groups attached to an aromatic ring is 1. The Hall–Kier alpha value is -6.16. The van der Waals surface area contributed by atoms with Crippen LogP contribution in [0.1, 0.15) is 78.1 Å². The van der Waals surface area contributed by atoms with Gasteiger partial charge in [0.25, 0.3) is 11.8 Å². The zero-order valence-corrected chi connectivity index (χ0v) is 31.7. The van der Waals surface area contributed by atoms with Crippen LogP contribution >= 0.6 is 11.8 Å². The fraction of sp³-hybridized carbons (Fsp3) is 0.317. The largest absolute Gasteiger partial charge is 0.457 e. The Labute approximate surface area is 331 Å². The number of hydrogen-bond acceptors (Lipinski definition) is 11. The van der Waals surface area contributed by atoms with Gasteiger partial charge in [0.2, 0.25) is 17.7 Å². The van der Waals surface area contributed by atoms with Crippen LogP contribution in [0.15, 0.2) is 78.0 Å². The molecule has 3 N–H and O–H groups in total. The van der Waals surface area contributed by atoms with Crippen LogP contribution in [0.2, 0.25) is 0 Å². The first-order chi connectivity index (χ1) is 27.7. The van der Waals surface area contributed by atoms with E-state index in [1.165, 1.54) is 24.2 Å². The minimum atomic E-state index is -1.13. The lowest BCUT2D eigenvalue weighted by atomic mass is 10.0. The van der Waals surface area contributed by atoms with E-state index in [9.17, 15) is 28.4 Å². The smallest absolute Gasteiger partial charge is 0.263 e. The van der Waals surface area contributed by atoms with Crippen molar-refractivity contribution in [3.05, 3.63) is 90.0 Å². The minimum absolute atomic E-state index is 0.00343. The molecule has 3 aliphatic rings. The molecule has 2 saturated heterocycles. The number of rotatable bonds is 12. The maximum absolute atomic E-state index is 14.6. The number of para-hydroxylation sites is 1. The van der Waals surface area contributed by atoms with Gasteiger partial charge in [-0.25, -0.2) is 19.0 Å². The van der Waals surface area contributed by atoms with Gasteiger partial charge in [-0.05, 0) is 86.4 Å². The number of halogens is 1. The van der Waals surface area contributed by atoms with Crippen LogP contribution in [-0.4, -0.2) is 84.0 Å².